The minimum atomic E-state index is -0.289. The fourth-order valence-corrected chi connectivity index (χ4v) is 6.96. The molecule has 0 spiro atoms. The Balaban J connectivity index is 1.45. The van der Waals surface area contributed by atoms with Gasteiger partial charge < -0.3 is 9.47 Å². The highest BCUT2D eigenvalue weighted by Gasteiger charge is 2.34. The van der Waals surface area contributed by atoms with Crippen molar-refractivity contribution in [3.05, 3.63) is 52.3 Å². The van der Waals surface area contributed by atoms with Gasteiger partial charge in [0.2, 0.25) is 0 Å². The number of rotatable bonds is 22. The first-order valence-corrected chi connectivity index (χ1v) is 18.8. The smallest absolute Gasteiger partial charge is 0.349 e. The lowest BCUT2D eigenvalue weighted by atomic mass is 9.84. The summed E-state index contributed by atoms with van der Waals surface area (Å²) in [4.78, 5) is 13.3. The number of ether oxygens (including phenoxy) is 2. The summed E-state index contributed by atoms with van der Waals surface area (Å²) in [5, 5.41) is 0. The topological polar surface area (TPSA) is 39.4 Å². The number of unbranched alkanes of at least 4 members (excludes halogenated alkanes) is 16. The van der Waals surface area contributed by atoms with Crippen LogP contribution in [0.4, 0.5) is 0 Å². The zero-order valence-corrected chi connectivity index (χ0v) is 30.0. The lowest BCUT2D eigenvalue weighted by Gasteiger charge is -2.38. The van der Waals surface area contributed by atoms with E-state index in [1.807, 2.05) is 24.5 Å². The van der Waals surface area contributed by atoms with Gasteiger partial charge in [-0.3, -0.25) is 0 Å². The van der Waals surface area contributed by atoms with Crippen LogP contribution in [0.5, 0.6) is 11.5 Å². The fourth-order valence-electron chi connectivity index (χ4n) is 6.96. The summed E-state index contributed by atoms with van der Waals surface area (Å²) < 4.78 is 15.0. The Morgan fingerprint density at radius 3 is 1.93 bits per heavy atom. The van der Waals surface area contributed by atoms with Crippen LogP contribution in [-0.2, 0) is 13.0 Å². The first-order valence-electron chi connectivity index (χ1n) is 18.8. The Morgan fingerprint density at radius 1 is 0.778 bits per heavy atom. The van der Waals surface area contributed by atoms with E-state index in [2.05, 4.69) is 46.1 Å². The molecule has 1 aliphatic rings. The number of carbonyl (C=O) groups excluding carboxylic acids is 1. The Morgan fingerprint density at radius 2 is 1.33 bits per heavy atom. The maximum Gasteiger partial charge on any atom is 0.349 e. The second-order valence-electron chi connectivity index (χ2n) is 14.2. The van der Waals surface area contributed by atoms with Gasteiger partial charge in [-0.2, -0.15) is 0 Å². The van der Waals surface area contributed by atoms with Gasteiger partial charge in [-0.25, -0.2) is 9.36 Å². The molecule has 1 aliphatic heterocycles. The van der Waals surface area contributed by atoms with Crippen molar-refractivity contribution < 1.29 is 18.8 Å². The molecule has 1 aromatic carbocycles. The minimum absolute atomic E-state index is 0.124. The van der Waals surface area contributed by atoms with Gasteiger partial charge in [0.25, 0.3) is 0 Å². The van der Waals surface area contributed by atoms with Crippen molar-refractivity contribution in [1.82, 2.24) is 0 Å². The molecular formula is C41H66NO3+. The van der Waals surface area contributed by atoms with Crippen LogP contribution in [0.3, 0.4) is 0 Å². The van der Waals surface area contributed by atoms with E-state index in [0.29, 0.717) is 11.3 Å². The van der Waals surface area contributed by atoms with Gasteiger partial charge in [-0.05, 0) is 82.6 Å². The van der Waals surface area contributed by atoms with Gasteiger partial charge in [0, 0.05) is 18.1 Å². The largest absolute Gasteiger partial charge is 0.487 e. The van der Waals surface area contributed by atoms with Crippen molar-refractivity contribution in [2.24, 2.45) is 0 Å². The molecule has 0 fully saturated rings. The molecular weight excluding hydrogens is 554 g/mol. The van der Waals surface area contributed by atoms with Crippen LogP contribution >= 0.6 is 0 Å². The number of fused-ring (bicyclic) bond motifs is 1. The predicted octanol–water partition coefficient (Wildman–Crippen LogP) is 11.7. The summed E-state index contributed by atoms with van der Waals surface area (Å²) in [6.45, 7) is 14.0. The van der Waals surface area contributed by atoms with E-state index in [1.165, 1.54) is 115 Å². The summed E-state index contributed by atoms with van der Waals surface area (Å²) in [5.41, 5.74) is 4.83. The Kier molecular flexibility index (Phi) is 16.5. The van der Waals surface area contributed by atoms with Crippen molar-refractivity contribution in [3.8, 4) is 11.5 Å². The Hall–Kier alpha value is -2.36. The summed E-state index contributed by atoms with van der Waals surface area (Å²) in [6, 6.07) is 3.80. The SMILES string of the molecule is CCCCCCCCCCCCCCCCC1(C)CCc2c(C)c(OC(=O)c3ccc[n+](CCCCCC)c3)c(C)c(C)c2O1. The third kappa shape index (κ3) is 12.1. The van der Waals surface area contributed by atoms with Gasteiger partial charge in [0.1, 0.15) is 29.2 Å². The molecule has 4 heteroatoms. The molecule has 252 valence electrons. The van der Waals surface area contributed by atoms with Crippen LogP contribution in [-0.4, -0.2) is 11.6 Å². The third-order valence-corrected chi connectivity index (χ3v) is 10.2. The lowest BCUT2D eigenvalue weighted by Crippen LogP contribution is -2.37. The number of carbonyl (C=O) groups is 1. The average molecular weight is 621 g/mol. The Labute approximate surface area is 276 Å². The van der Waals surface area contributed by atoms with Crippen LogP contribution < -0.4 is 14.0 Å². The first kappa shape index (κ1) is 37.1. The zero-order valence-electron chi connectivity index (χ0n) is 30.0. The molecule has 3 rings (SSSR count). The monoisotopic (exact) mass is 621 g/mol. The molecule has 4 nitrogen and oxygen atoms in total. The summed E-state index contributed by atoms with van der Waals surface area (Å²) >= 11 is 0. The highest BCUT2D eigenvalue weighted by Crippen LogP contribution is 2.45. The van der Waals surface area contributed by atoms with Crippen molar-refractivity contribution in [1.29, 1.82) is 0 Å². The molecule has 0 radical (unpaired) electrons. The van der Waals surface area contributed by atoms with Crippen molar-refractivity contribution in [3.63, 3.8) is 0 Å². The first-order chi connectivity index (χ1) is 21.8. The molecule has 0 N–H and O–H groups in total. The highest BCUT2D eigenvalue weighted by molar-refractivity contribution is 5.91. The standard InChI is InChI=1S/C41H66NO3/c1-7-9-11-13-14-15-16-17-18-19-20-21-22-23-28-41(6)29-27-37-35(5)38(33(3)34(4)39(37)45-41)44-40(43)36-26-25-31-42(32-36)30-24-12-10-8-2/h25-26,31-32H,7-24,27-30H2,1-6H3/q+1. The number of hydrogen-bond acceptors (Lipinski definition) is 3. The molecule has 0 aliphatic carbocycles. The molecule has 0 bridgehead atoms. The second kappa shape index (κ2) is 20.0. The van der Waals surface area contributed by atoms with Gasteiger partial charge >= 0.3 is 5.97 Å². The zero-order chi connectivity index (χ0) is 32.5. The maximum atomic E-state index is 13.3. The highest BCUT2D eigenvalue weighted by atomic mass is 16.5. The van der Waals surface area contributed by atoms with E-state index < -0.39 is 0 Å². The van der Waals surface area contributed by atoms with E-state index in [-0.39, 0.29) is 11.6 Å². The Bertz CT molecular complexity index is 1170. The number of esters is 1. The van der Waals surface area contributed by atoms with Gasteiger partial charge in [-0.1, -0.05) is 110 Å². The summed E-state index contributed by atoms with van der Waals surface area (Å²) in [5.74, 6) is 1.44. The van der Waals surface area contributed by atoms with Crippen LogP contribution in [0.1, 0.15) is 182 Å². The fraction of sp³-hybridized carbons (Fsp3) is 0.707. The van der Waals surface area contributed by atoms with Gasteiger partial charge in [0.15, 0.2) is 12.4 Å². The van der Waals surface area contributed by atoms with E-state index in [9.17, 15) is 4.79 Å². The summed E-state index contributed by atoms with van der Waals surface area (Å²) in [6.07, 6.45) is 31.2. The predicted molar refractivity (Wildman–Crippen MR) is 189 cm³/mol. The second-order valence-corrected chi connectivity index (χ2v) is 14.2. The van der Waals surface area contributed by atoms with Gasteiger partial charge in [0.05, 0.1) is 0 Å². The number of nitrogens with zero attached hydrogens (tertiary/aromatic N) is 1. The van der Waals surface area contributed by atoms with Crippen LogP contribution in [0.25, 0.3) is 0 Å². The maximum absolute atomic E-state index is 13.3. The number of aryl methyl sites for hydroxylation is 1. The quantitative estimate of drug-likeness (QED) is 0.0569. The number of hydrogen-bond donors (Lipinski definition) is 0. The molecule has 2 aromatic rings. The van der Waals surface area contributed by atoms with E-state index in [1.54, 1.807) is 0 Å². The molecule has 0 saturated carbocycles. The van der Waals surface area contributed by atoms with E-state index in [4.69, 9.17) is 9.47 Å². The molecule has 0 amide bonds. The average Bonchev–Trinajstić information content (AvgIpc) is 3.04. The molecule has 1 aromatic heterocycles. The van der Waals surface area contributed by atoms with Crippen molar-refractivity contribution >= 4 is 5.97 Å². The molecule has 45 heavy (non-hydrogen) atoms. The number of pyridine rings is 1. The van der Waals surface area contributed by atoms with Crippen LogP contribution in [0, 0.1) is 20.8 Å². The molecule has 1 atom stereocenters. The van der Waals surface area contributed by atoms with Crippen LogP contribution in [0.2, 0.25) is 0 Å². The summed E-state index contributed by atoms with van der Waals surface area (Å²) in [7, 11) is 0. The molecule has 1 unspecified atom stereocenters. The van der Waals surface area contributed by atoms with Crippen molar-refractivity contribution in [2.75, 3.05) is 0 Å². The normalized spacial score (nSPS) is 16.0. The molecule has 0 saturated heterocycles. The number of benzene rings is 1. The lowest BCUT2D eigenvalue weighted by molar-refractivity contribution is -0.697. The molecule has 2 heterocycles. The number of aromatic nitrogens is 1. The minimum Gasteiger partial charge on any atom is -0.487 e. The van der Waals surface area contributed by atoms with E-state index in [0.717, 1.165) is 54.7 Å². The third-order valence-electron chi connectivity index (χ3n) is 10.2. The van der Waals surface area contributed by atoms with E-state index >= 15 is 0 Å². The van der Waals surface area contributed by atoms with Crippen molar-refractivity contribution in [2.45, 2.75) is 189 Å². The van der Waals surface area contributed by atoms with Gasteiger partial charge in [-0.15, -0.1) is 0 Å². The van der Waals surface area contributed by atoms with Crippen LogP contribution in [0.15, 0.2) is 24.5 Å².